The van der Waals surface area contributed by atoms with Crippen molar-refractivity contribution in [2.75, 3.05) is 6.54 Å². The van der Waals surface area contributed by atoms with Gasteiger partial charge in [-0.15, -0.1) is 0 Å². The summed E-state index contributed by atoms with van der Waals surface area (Å²) >= 11 is 0. The van der Waals surface area contributed by atoms with Gasteiger partial charge in [0.1, 0.15) is 0 Å². The fraction of sp³-hybridized carbons (Fsp3) is 0.500. The number of carbonyl (C=O) groups is 1. The van der Waals surface area contributed by atoms with E-state index in [1.165, 1.54) is 0 Å². The van der Waals surface area contributed by atoms with Gasteiger partial charge in [-0.1, -0.05) is 0 Å². The molecule has 0 aromatic heterocycles. The van der Waals surface area contributed by atoms with Gasteiger partial charge in [-0.25, -0.2) is 0 Å². The molecule has 0 aromatic carbocycles. The molecule has 0 saturated carbocycles. The molecule has 0 aliphatic carbocycles. The summed E-state index contributed by atoms with van der Waals surface area (Å²) in [6, 6.07) is 0. The Morgan fingerprint density at radius 1 is 1.86 bits per heavy atom. The van der Waals surface area contributed by atoms with Crippen LogP contribution in [0.1, 0.15) is 6.92 Å². The first-order chi connectivity index (χ1) is 2.77. The van der Waals surface area contributed by atoms with Crippen LogP contribution >= 0.6 is 0 Å². The van der Waals surface area contributed by atoms with E-state index in [0.717, 1.165) is 0 Å². The van der Waals surface area contributed by atoms with Crippen molar-refractivity contribution in [2.24, 2.45) is 0 Å². The summed E-state index contributed by atoms with van der Waals surface area (Å²) in [5.41, 5.74) is 0. The van der Waals surface area contributed by atoms with E-state index in [4.69, 9.17) is 0 Å². The minimum atomic E-state index is -0.211. The molecule has 1 radical (unpaired) electrons. The van der Waals surface area contributed by atoms with Gasteiger partial charge in [-0.05, 0) is 6.92 Å². The van der Waals surface area contributed by atoms with Crippen LogP contribution in [0.3, 0.4) is 0 Å². The van der Waals surface area contributed by atoms with Crippen molar-refractivity contribution in [3.63, 3.8) is 0 Å². The van der Waals surface area contributed by atoms with Gasteiger partial charge < -0.3 is 17.0 Å². The zero-order valence-electron chi connectivity index (χ0n) is 4.40. The molecular formula is C4H8NOY-. The van der Waals surface area contributed by atoms with Crippen molar-refractivity contribution in [1.82, 2.24) is 5.32 Å². The molecule has 0 rings (SSSR count). The summed E-state index contributed by atoms with van der Waals surface area (Å²) in [4.78, 5) is 9.82. The van der Waals surface area contributed by atoms with Gasteiger partial charge in [0.15, 0.2) is 0 Å². The third kappa shape index (κ3) is 10.7. The maximum atomic E-state index is 9.82. The first-order valence-electron chi connectivity index (χ1n) is 1.87. The first kappa shape index (κ1) is 10.4. The second-order valence-electron chi connectivity index (χ2n) is 0.954. The van der Waals surface area contributed by atoms with E-state index in [1.807, 2.05) is 6.92 Å². The smallest absolute Gasteiger partial charge is 0.0796 e. The SMILES string of the molecule is [CH2-]C(=O)NCC.[Y]. The van der Waals surface area contributed by atoms with Gasteiger partial charge in [0.05, 0.1) is 5.91 Å². The predicted molar refractivity (Wildman–Crippen MR) is 24.0 cm³/mol. The second kappa shape index (κ2) is 6.44. The molecule has 1 N–H and O–H groups in total. The molecule has 2 nitrogen and oxygen atoms in total. The van der Waals surface area contributed by atoms with E-state index in [9.17, 15) is 4.79 Å². The molecule has 0 aromatic rings. The fourth-order valence-electron chi connectivity index (χ4n) is 0.197. The summed E-state index contributed by atoms with van der Waals surface area (Å²) < 4.78 is 0. The molecule has 0 fully saturated rings. The standard InChI is InChI=1S/C4H8NO.Y/c1-3-5-4(2)6;/h2-3H2,1H3,(H,5,6);/q-1;. The van der Waals surface area contributed by atoms with E-state index < -0.39 is 0 Å². The van der Waals surface area contributed by atoms with Gasteiger partial charge in [0.2, 0.25) is 0 Å². The van der Waals surface area contributed by atoms with Gasteiger partial charge >= 0.3 is 0 Å². The summed E-state index contributed by atoms with van der Waals surface area (Å²) in [7, 11) is 0. The van der Waals surface area contributed by atoms with Crippen LogP contribution in [-0.2, 0) is 37.5 Å². The van der Waals surface area contributed by atoms with E-state index in [1.54, 1.807) is 0 Å². The molecular weight excluding hydrogens is 167 g/mol. The van der Waals surface area contributed by atoms with Crippen LogP contribution in [0.25, 0.3) is 0 Å². The van der Waals surface area contributed by atoms with Crippen LogP contribution < -0.4 is 5.32 Å². The molecule has 7 heavy (non-hydrogen) atoms. The van der Waals surface area contributed by atoms with Gasteiger partial charge in [-0.3, -0.25) is 0 Å². The average Bonchev–Trinajstić information content (AvgIpc) is 1.35. The number of rotatable bonds is 1. The molecule has 0 saturated heterocycles. The number of nitrogens with one attached hydrogen (secondary N) is 1. The molecule has 0 spiro atoms. The summed E-state index contributed by atoms with van der Waals surface area (Å²) in [5, 5.41) is 2.46. The molecule has 0 heterocycles. The molecule has 0 bridgehead atoms. The van der Waals surface area contributed by atoms with Crippen LogP contribution in [0.2, 0.25) is 0 Å². The normalized spacial score (nSPS) is 6.43. The van der Waals surface area contributed by atoms with Crippen LogP contribution in [-0.4, -0.2) is 12.5 Å². The Labute approximate surface area is 68.9 Å². The number of hydrogen-bond donors (Lipinski definition) is 1. The van der Waals surface area contributed by atoms with Gasteiger partial charge in [-0.2, -0.15) is 0 Å². The van der Waals surface area contributed by atoms with Crippen molar-refractivity contribution >= 4 is 5.91 Å². The predicted octanol–water partition coefficient (Wildman–Crippen LogP) is -0.0459. The molecule has 3 heteroatoms. The van der Waals surface area contributed by atoms with Crippen molar-refractivity contribution in [3.05, 3.63) is 6.92 Å². The van der Waals surface area contributed by atoms with E-state index in [-0.39, 0.29) is 38.6 Å². The molecule has 0 unspecified atom stereocenters. The minimum Gasteiger partial charge on any atom is -0.381 e. The minimum absolute atomic E-state index is 0. The van der Waals surface area contributed by atoms with Crippen LogP contribution in [0.5, 0.6) is 0 Å². The molecule has 39 valence electrons. The summed E-state index contributed by atoms with van der Waals surface area (Å²) in [6.45, 7) is 5.60. The average molecular weight is 175 g/mol. The Balaban J connectivity index is 0. The number of amides is 1. The number of carbonyl (C=O) groups excluding carboxylic acids is 1. The van der Waals surface area contributed by atoms with Crippen molar-refractivity contribution in [1.29, 1.82) is 0 Å². The maximum Gasteiger partial charge on any atom is 0.0796 e. The summed E-state index contributed by atoms with van der Waals surface area (Å²) in [6.07, 6.45) is 0. The molecule has 0 aliphatic rings. The van der Waals surface area contributed by atoms with Crippen LogP contribution in [0.4, 0.5) is 0 Å². The van der Waals surface area contributed by atoms with Crippen molar-refractivity contribution in [2.45, 2.75) is 6.92 Å². The van der Waals surface area contributed by atoms with Crippen LogP contribution in [0.15, 0.2) is 0 Å². The fourth-order valence-corrected chi connectivity index (χ4v) is 0.197. The van der Waals surface area contributed by atoms with Gasteiger partial charge in [0, 0.05) is 39.3 Å². The topological polar surface area (TPSA) is 29.1 Å². The Morgan fingerprint density at radius 2 is 2.29 bits per heavy atom. The zero-order valence-corrected chi connectivity index (χ0v) is 7.24. The monoisotopic (exact) mass is 175 g/mol. The van der Waals surface area contributed by atoms with Gasteiger partial charge in [0.25, 0.3) is 0 Å². The Kier molecular flexibility index (Phi) is 9.60. The Bertz CT molecular complexity index is 55.7. The second-order valence-corrected chi connectivity index (χ2v) is 0.954. The molecule has 0 atom stereocenters. The molecule has 1 amide bonds. The largest absolute Gasteiger partial charge is 0.381 e. The molecule has 0 aliphatic heterocycles. The van der Waals surface area contributed by atoms with E-state index in [0.29, 0.717) is 6.54 Å². The number of hydrogen-bond acceptors (Lipinski definition) is 1. The Morgan fingerprint density at radius 3 is 2.29 bits per heavy atom. The van der Waals surface area contributed by atoms with E-state index in [2.05, 4.69) is 12.2 Å². The zero-order chi connectivity index (χ0) is 4.99. The third-order valence-electron chi connectivity index (χ3n) is 0.374. The van der Waals surface area contributed by atoms with Crippen molar-refractivity contribution < 1.29 is 37.5 Å². The first-order valence-corrected chi connectivity index (χ1v) is 1.87. The quantitative estimate of drug-likeness (QED) is 0.556. The summed E-state index contributed by atoms with van der Waals surface area (Å²) in [5.74, 6) is -0.211. The van der Waals surface area contributed by atoms with E-state index >= 15 is 0 Å². The maximum absolute atomic E-state index is 9.82. The van der Waals surface area contributed by atoms with Crippen molar-refractivity contribution in [3.8, 4) is 0 Å². The Hall–Kier alpha value is 0.444. The van der Waals surface area contributed by atoms with Crippen LogP contribution in [0, 0.1) is 6.92 Å². The third-order valence-corrected chi connectivity index (χ3v) is 0.374.